The second-order valence-electron chi connectivity index (χ2n) is 6.22. The fraction of sp³-hybridized carbons (Fsp3) is 0.867. The Labute approximate surface area is 121 Å². The molecule has 5 nitrogen and oxygen atoms in total. The molecule has 2 aliphatic carbocycles. The molecule has 2 fully saturated rings. The van der Waals surface area contributed by atoms with Crippen molar-refractivity contribution in [3.8, 4) is 0 Å². The van der Waals surface area contributed by atoms with E-state index in [1.165, 1.54) is 38.5 Å². The monoisotopic (exact) mass is 281 g/mol. The summed E-state index contributed by atoms with van der Waals surface area (Å²) in [6.07, 6.45) is 9.46. The van der Waals surface area contributed by atoms with E-state index < -0.39 is 6.04 Å². The van der Waals surface area contributed by atoms with Gasteiger partial charge in [0.05, 0.1) is 0 Å². The van der Waals surface area contributed by atoms with Crippen molar-refractivity contribution < 1.29 is 9.59 Å². The standard InChI is InChI=1S/C15H27N3O2/c1-11(14(19)18-13-8-4-5-9-13)17-15(20)16-10-12-6-2-3-7-12/h11-13H,2-10H2,1H3,(H,18,19)(H2,16,17,20)/t11-/m1/s1. The van der Waals surface area contributed by atoms with Gasteiger partial charge < -0.3 is 16.0 Å². The largest absolute Gasteiger partial charge is 0.352 e. The predicted octanol–water partition coefficient (Wildman–Crippen LogP) is 1.92. The zero-order chi connectivity index (χ0) is 14.4. The van der Waals surface area contributed by atoms with Gasteiger partial charge in [0.15, 0.2) is 0 Å². The second-order valence-corrected chi connectivity index (χ2v) is 6.22. The summed E-state index contributed by atoms with van der Waals surface area (Å²) in [6.45, 7) is 2.46. The first-order valence-electron chi connectivity index (χ1n) is 8.00. The molecule has 0 aromatic heterocycles. The molecule has 2 rings (SSSR count). The molecule has 0 aromatic carbocycles. The zero-order valence-electron chi connectivity index (χ0n) is 12.4. The lowest BCUT2D eigenvalue weighted by Crippen LogP contribution is -2.50. The van der Waals surface area contributed by atoms with Crippen molar-refractivity contribution in [1.82, 2.24) is 16.0 Å². The van der Waals surface area contributed by atoms with Gasteiger partial charge in [0, 0.05) is 12.6 Å². The minimum absolute atomic E-state index is 0.0760. The van der Waals surface area contributed by atoms with Gasteiger partial charge >= 0.3 is 6.03 Å². The molecule has 2 saturated carbocycles. The summed E-state index contributed by atoms with van der Waals surface area (Å²) < 4.78 is 0. The number of amides is 3. The van der Waals surface area contributed by atoms with Crippen LogP contribution in [0.5, 0.6) is 0 Å². The molecule has 114 valence electrons. The van der Waals surface area contributed by atoms with Crippen molar-refractivity contribution in [3.05, 3.63) is 0 Å². The van der Waals surface area contributed by atoms with Gasteiger partial charge in [-0.1, -0.05) is 25.7 Å². The van der Waals surface area contributed by atoms with E-state index in [4.69, 9.17) is 0 Å². The Morgan fingerprint density at radius 1 is 1.05 bits per heavy atom. The predicted molar refractivity (Wildman–Crippen MR) is 78.4 cm³/mol. The van der Waals surface area contributed by atoms with Crippen molar-refractivity contribution in [3.63, 3.8) is 0 Å². The first-order chi connectivity index (χ1) is 9.65. The highest BCUT2D eigenvalue weighted by Crippen LogP contribution is 2.23. The first-order valence-corrected chi connectivity index (χ1v) is 8.00. The molecule has 0 radical (unpaired) electrons. The molecular weight excluding hydrogens is 254 g/mol. The summed E-state index contributed by atoms with van der Waals surface area (Å²) in [4.78, 5) is 23.7. The van der Waals surface area contributed by atoms with E-state index in [-0.39, 0.29) is 11.9 Å². The van der Waals surface area contributed by atoms with Gasteiger partial charge in [-0.3, -0.25) is 4.79 Å². The number of carbonyl (C=O) groups excluding carboxylic acids is 2. The molecule has 0 aliphatic heterocycles. The molecule has 1 atom stereocenters. The summed E-state index contributed by atoms with van der Waals surface area (Å²) in [5, 5.41) is 8.59. The summed E-state index contributed by atoms with van der Waals surface area (Å²) in [5.41, 5.74) is 0. The van der Waals surface area contributed by atoms with E-state index >= 15 is 0 Å². The highest BCUT2D eigenvalue weighted by atomic mass is 16.2. The highest BCUT2D eigenvalue weighted by molar-refractivity contribution is 5.86. The fourth-order valence-corrected chi connectivity index (χ4v) is 3.16. The minimum atomic E-state index is -0.473. The molecule has 0 bridgehead atoms. The third-order valence-electron chi connectivity index (χ3n) is 4.47. The maximum absolute atomic E-state index is 11.9. The number of rotatable bonds is 5. The zero-order valence-corrected chi connectivity index (χ0v) is 12.4. The maximum atomic E-state index is 11.9. The van der Waals surface area contributed by atoms with Crippen LogP contribution in [0.3, 0.4) is 0 Å². The van der Waals surface area contributed by atoms with Crippen molar-refractivity contribution in [2.24, 2.45) is 5.92 Å². The topological polar surface area (TPSA) is 70.2 Å². The summed E-state index contributed by atoms with van der Waals surface area (Å²) >= 11 is 0. The number of carbonyl (C=O) groups is 2. The third-order valence-corrected chi connectivity index (χ3v) is 4.47. The average Bonchev–Trinajstić information content (AvgIpc) is 3.09. The SMILES string of the molecule is C[C@@H](NC(=O)NCC1CCCC1)C(=O)NC1CCCC1. The van der Waals surface area contributed by atoms with Crippen LogP contribution in [-0.2, 0) is 4.79 Å². The second kappa shape index (κ2) is 7.50. The summed E-state index contributed by atoms with van der Waals surface area (Å²) in [7, 11) is 0. The van der Waals surface area contributed by atoms with Gasteiger partial charge in [-0.25, -0.2) is 4.79 Å². The van der Waals surface area contributed by atoms with Crippen LogP contribution in [0.15, 0.2) is 0 Å². The Kier molecular flexibility index (Phi) is 5.68. The third kappa shape index (κ3) is 4.69. The Hall–Kier alpha value is -1.26. The lowest BCUT2D eigenvalue weighted by Gasteiger charge is -2.18. The van der Waals surface area contributed by atoms with E-state index in [0.717, 1.165) is 19.4 Å². The highest BCUT2D eigenvalue weighted by Gasteiger charge is 2.22. The van der Waals surface area contributed by atoms with Crippen LogP contribution in [-0.4, -0.2) is 30.6 Å². The molecule has 0 unspecified atom stereocenters. The number of hydrogen-bond donors (Lipinski definition) is 3. The van der Waals surface area contributed by atoms with E-state index in [2.05, 4.69) is 16.0 Å². The average molecular weight is 281 g/mol. The first kappa shape index (κ1) is 15.1. The lowest BCUT2D eigenvalue weighted by atomic mass is 10.1. The molecule has 0 aromatic rings. The molecule has 5 heteroatoms. The van der Waals surface area contributed by atoms with E-state index in [0.29, 0.717) is 12.0 Å². The Bertz CT molecular complexity index is 334. The molecule has 3 N–H and O–H groups in total. The van der Waals surface area contributed by atoms with Crippen LogP contribution in [0.4, 0.5) is 4.79 Å². The van der Waals surface area contributed by atoms with Gasteiger partial charge in [0.1, 0.15) is 6.04 Å². The summed E-state index contributed by atoms with van der Waals surface area (Å²) in [6, 6.07) is -0.404. The fourth-order valence-electron chi connectivity index (χ4n) is 3.16. The molecule has 2 aliphatic rings. The number of hydrogen-bond acceptors (Lipinski definition) is 2. The molecule has 0 saturated heterocycles. The van der Waals surface area contributed by atoms with Gasteiger partial charge in [-0.2, -0.15) is 0 Å². The van der Waals surface area contributed by atoms with Crippen LogP contribution in [0.2, 0.25) is 0 Å². The summed E-state index contributed by atoms with van der Waals surface area (Å²) in [5.74, 6) is 0.538. The Balaban J connectivity index is 1.62. The van der Waals surface area contributed by atoms with Crippen LogP contribution in [0, 0.1) is 5.92 Å². The maximum Gasteiger partial charge on any atom is 0.315 e. The minimum Gasteiger partial charge on any atom is -0.352 e. The van der Waals surface area contributed by atoms with E-state index in [1.54, 1.807) is 6.92 Å². The molecular formula is C15H27N3O2. The normalized spacial score (nSPS) is 21.6. The van der Waals surface area contributed by atoms with Crippen LogP contribution < -0.4 is 16.0 Å². The van der Waals surface area contributed by atoms with Gasteiger partial charge in [0.25, 0.3) is 0 Å². The van der Waals surface area contributed by atoms with Crippen LogP contribution in [0.25, 0.3) is 0 Å². The van der Waals surface area contributed by atoms with Gasteiger partial charge in [-0.05, 0) is 38.5 Å². The lowest BCUT2D eigenvalue weighted by molar-refractivity contribution is -0.123. The van der Waals surface area contributed by atoms with Gasteiger partial charge in [0.2, 0.25) is 5.91 Å². The Morgan fingerprint density at radius 3 is 2.30 bits per heavy atom. The van der Waals surface area contributed by atoms with Gasteiger partial charge in [-0.15, -0.1) is 0 Å². The van der Waals surface area contributed by atoms with Crippen molar-refractivity contribution in [2.45, 2.75) is 70.4 Å². The van der Waals surface area contributed by atoms with Crippen LogP contribution in [0.1, 0.15) is 58.3 Å². The quantitative estimate of drug-likeness (QED) is 0.720. The van der Waals surface area contributed by atoms with Crippen molar-refractivity contribution >= 4 is 11.9 Å². The molecule has 0 spiro atoms. The molecule has 0 heterocycles. The number of urea groups is 1. The van der Waals surface area contributed by atoms with E-state index in [1.807, 2.05) is 0 Å². The number of nitrogens with one attached hydrogen (secondary N) is 3. The Morgan fingerprint density at radius 2 is 1.65 bits per heavy atom. The van der Waals surface area contributed by atoms with Crippen molar-refractivity contribution in [2.75, 3.05) is 6.54 Å². The van der Waals surface area contributed by atoms with Crippen molar-refractivity contribution in [1.29, 1.82) is 0 Å². The molecule has 3 amide bonds. The van der Waals surface area contributed by atoms with E-state index in [9.17, 15) is 9.59 Å². The molecule has 20 heavy (non-hydrogen) atoms. The van der Waals surface area contributed by atoms with Crippen LogP contribution >= 0.6 is 0 Å². The smallest absolute Gasteiger partial charge is 0.315 e.